The van der Waals surface area contributed by atoms with Crippen LogP contribution in [-0.4, -0.2) is 91.9 Å². The molecule has 2 aliphatic heterocycles. The van der Waals surface area contributed by atoms with Gasteiger partial charge >= 0.3 is 6.09 Å². The smallest absolute Gasteiger partial charge is 0.413 e. The number of amides is 2. The molecule has 2 N–H and O–H groups in total. The highest BCUT2D eigenvalue weighted by Gasteiger charge is 2.38. The van der Waals surface area contributed by atoms with E-state index in [0.29, 0.717) is 57.4 Å². The lowest BCUT2D eigenvalue weighted by Gasteiger charge is -2.38. The number of guanidine groups is 1. The van der Waals surface area contributed by atoms with E-state index >= 15 is 0 Å². The zero-order valence-electron chi connectivity index (χ0n) is 22.8. The normalized spacial score (nSPS) is 22.4. The predicted molar refractivity (Wildman–Crippen MR) is 142 cm³/mol. The number of ether oxygens (including phenoxy) is 2. The molecule has 0 spiro atoms. The van der Waals surface area contributed by atoms with Gasteiger partial charge in [0.15, 0.2) is 0 Å². The van der Waals surface area contributed by atoms with E-state index in [-0.39, 0.29) is 12.5 Å². The third kappa shape index (κ3) is 9.15. The van der Waals surface area contributed by atoms with Crippen molar-refractivity contribution in [3.63, 3.8) is 0 Å². The lowest BCUT2D eigenvalue weighted by molar-refractivity contribution is -0.124. The molecule has 0 radical (unpaired) electrons. The molecule has 37 heavy (non-hydrogen) atoms. The summed E-state index contributed by atoms with van der Waals surface area (Å²) in [5.74, 6) is 0.505. The molecule has 10 nitrogen and oxygen atoms in total. The second kappa shape index (κ2) is 15.1. The van der Waals surface area contributed by atoms with Crippen LogP contribution < -0.4 is 10.6 Å². The van der Waals surface area contributed by atoms with Crippen LogP contribution in [-0.2, 0) is 14.3 Å². The minimum atomic E-state index is -0.883. The highest BCUT2D eigenvalue weighted by Crippen LogP contribution is 2.28. The maximum Gasteiger partial charge on any atom is 0.413 e. The molecule has 0 aromatic rings. The molecule has 3 rings (SSSR count). The summed E-state index contributed by atoms with van der Waals surface area (Å²) in [6, 6.07) is 1.73. The fraction of sp³-hybridized carbons (Fsp3) is 0.852. The van der Waals surface area contributed by atoms with Crippen molar-refractivity contribution in [2.24, 2.45) is 10.9 Å². The Morgan fingerprint density at radius 3 is 2.38 bits per heavy atom. The first-order valence-corrected chi connectivity index (χ1v) is 14.3. The van der Waals surface area contributed by atoms with E-state index < -0.39 is 17.7 Å². The molecule has 1 unspecified atom stereocenters. The molecule has 10 heteroatoms. The second-order valence-electron chi connectivity index (χ2n) is 10.5. The SMILES string of the molecule is CCCN1CCC(C#N)(NC(=O)C(CC2CCCCCC2)N=C(NC(=O)OCC)N2CCOCC2)CC1. The summed E-state index contributed by atoms with van der Waals surface area (Å²) in [4.78, 5) is 35.3. The van der Waals surface area contributed by atoms with Gasteiger partial charge in [0, 0.05) is 26.2 Å². The van der Waals surface area contributed by atoms with E-state index in [4.69, 9.17) is 14.5 Å². The number of morpholine rings is 1. The number of carbonyl (C=O) groups excluding carboxylic acids is 2. The fourth-order valence-electron chi connectivity index (χ4n) is 5.57. The van der Waals surface area contributed by atoms with Crippen molar-refractivity contribution in [2.75, 3.05) is 52.5 Å². The van der Waals surface area contributed by atoms with Crippen molar-refractivity contribution in [1.82, 2.24) is 20.4 Å². The molecule has 3 fully saturated rings. The van der Waals surface area contributed by atoms with E-state index in [1.807, 2.05) is 4.90 Å². The van der Waals surface area contributed by atoms with Gasteiger partial charge in [0.2, 0.25) is 11.9 Å². The average molecular weight is 519 g/mol. The second-order valence-corrected chi connectivity index (χ2v) is 10.5. The van der Waals surface area contributed by atoms with Gasteiger partial charge < -0.3 is 24.6 Å². The van der Waals surface area contributed by atoms with Gasteiger partial charge in [-0.15, -0.1) is 0 Å². The Kier molecular flexibility index (Phi) is 11.9. The molecule has 3 aliphatic rings. The summed E-state index contributed by atoms with van der Waals surface area (Å²) in [5, 5.41) is 16.0. The standard InChI is InChI=1S/C27H46N6O4/c1-3-13-32-14-11-27(21-28,12-15-32)31-24(34)23(20-22-9-7-5-6-8-10-22)29-25(30-26(35)37-4-2)33-16-18-36-19-17-33/h22-23H,3-20H2,1-2H3,(H,31,34)(H,29,30,35). The Morgan fingerprint density at radius 2 is 1.78 bits per heavy atom. The number of alkyl carbamates (subject to hydrolysis) is 1. The van der Waals surface area contributed by atoms with E-state index in [9.17, 15) is 14.9 Å². The van der Waals surface area contributed by atoms with E-state index in [1.54, 1.807) is 6.92 Å². The Bertz CT molecular complexity index is 791. The lowest BCUT2D eigenvalue weighted by atomic mass is 9.87. The molecule has 0 aromatic heterocycles. The molecule has 2 saturated heterocycles. The highest BCUT2D eigenvalue weighted by atomic mass is 16.5. The average Bonchev–Trinajstić information content (AvgIpc) is 3.18. The highest BCUT2D eigenvalue weighted by molar-refractivity contribution is 5.96. The Morgan fingerprint density at radius 1 is 1.11 bits per heavy atom. The van der Waals surface area contributed by atoms with Crippen molar-refractivity contribution in [1.29, 1.82) is 5.26 Å². The lowest BCUT2D eigenvalue weighted by Crippen LogP contribution is -2.57. The van der Waals surface area contributed by atoms with Crippen molar-refractivity contribution < 1.29 is 19.1 Å². The van der Waals surface area contributed by atoms with Gasteiger partial charge in [0.05, 0.1) is 25.9 Å². The summed E-state index contributed by atoms with van der Waals surface area (Å²) in [5.41, 5.74) is -0.883. The summed E-state index contributed by atoms with van der Waals surface area (Å²) in [6.45, 7) is 8.92. The Balaban J connectivity index is 1.82. The topological polar surface area (TPSA) is 119 Å². The summed E-state index contributed by atoms with van der Waals surface area (Å²) >= 11 is 0. The van der Waals surface area contributed by atoms with Gasteiger partial charge in [-0.3, -0.25) is 10.1 Å². The third-order valence-electron chi connectivity index (χ3n) is 7.74. The zero-order valence-corrected chi connectivity index (χ0v) is 22.8. The van der Waals surface area contributed by atoms with Crippen LogP contribution in [0.3, 0.4) is 0 Å². The van der Waals surface area contributed by atoms with Crippen molar-refractivity contribution >= 4 is 18.0 Å². The van der Waals surface area contributed by atoms with E-state index in [0.717, 1.165) is 51.7 Å². The van der Waals surface area contributed by atoms with Gasteiger partial charge in [-0.25, -0.2) is 9.79 Å². The molecule has 2 heterocycles. The molecule has 0 aromatic carbocycles. The number of likely N-dealkylation sites (tertiary alicyclic amines) is 1. The quantitative estimate of drug-likeness (QED) is 0.288. The molecular weight excluding hydrogens is 472 g/mol. The van der Waals surface area contributed by atoms with Crippen molar-refractivity contribution in [3.8, 4) is 6.07 Å². The number of nitrogens with zero attached hydrogens (tertiary/aromatic N) is 4. The van der Waals surface area contributed by atoms with Gasteiger partial charge in [-0.2, -0.15) is 5.26 Å². The number of aliphatic imine (C=N–C) groups is 1. The van der Waals surface area contributed by atoms with Gasteiger partial charge in [0.25, 0.3) is 0 Å². The van der Waals surface area contributed by atoms with Gasteiger partial charge in [-0.1, -0.05) is 45.4 Å². The van der Waals surface area contributed by atoms with Gasteiger partial charge in [0.1, 0.15) is 11.6 Å². The van der Waals surface area contributed by atoms with Crippen LogP contribution in [0.15, 0.2) is 4.99 Å². The molecule has 0 bridgehead atoms. The van der Waals surface area contributed by atoms with Crippen LogP contribution in [0.25, 0.3) is 0 Å². The van der Waals surface area contributed by atoms with Crippen molar-refractivity contribution in [3.05, 3.63) is 0 Å². The minimum absolute atomic E-state index is 0.230. The number of rotatable bonds is 8. The molecule has 208 valence electrons. The summed E-state index contributed by atoms with van der Waals surface area (Å²) in [6.07, 6.45) is 9.23. The first kappa shape index (κ1) is 29.2. The molecular formula is C27H46N6O4. The number of carbonyl (C=O) groups is 2. The monoisotopic (exact) mass is 518 g/mol. The maximum atomic E-state index is 13.8. The first-order chi connectivity index (χ1) is 18.0. The van der Waals surface area contributed by atoms with Gasteiger partial charge in [-0.05, 0) is 45.1 Å². The summed E-state index contributed by atoms with van der Waals surface area (Å²) < 4.78 is 10.6. The minimum Gasteiger partial charge on any atom is -0.450 e. The van der Waals surface area contributed by atoms with Crippen LogP contribution in [0.1, 0.15) is 78.1 Å². The van der Waals surface area contributed by atoms with Crippen LogP contribution in [0, 0.1) is 17.2 Å². The number of piperidine rings is 1. The van der Waals surface area contributed by atoms with Crippen LogP contribution in [0.5, 0.6) is 0 Å². The first-order valence-electron chi connectivity index (χ1n) is 14.3. The number of hydrogen-bond donors (Lipinski definition) is 2. The number of nitriles is 1. The molecule has 1 atom stereocenters. The maximum absolute atomic E-state index is 13.8. The molecule has 2 amide bonds. The summed E-state index contributed by atoms with van der Waals surface area (Å²) in [7, 11) is 0. The molecule has 1 saturated carbocycles. The Hall–Kier alpha value is -2.38. The number of hydrogen-bond acceptors (Lipinski definition) is 7. The number of nitrogens with one attached hydrogen (secondary N) is 2. The largest absolute Gasteiger partial charge is 0.450 e. The molecule has 1 aliphatic carbocycles. The fourth-order valence-corrected chi connectivity index (χ4v) is 5.57. The Labute approximate surface area is 222 Å². The van der Waals surface area contributed by atoms with Crippen LogP contribution >= 0.6 is 0 Å². The van der Waals surface area contributed by atoms with E-state index in [2.05, 4.69) is 28.5 Å². The van der Waals surface area contributed by atoms with Crippen molar-refractivity contribution in [2.45, 2.75) is 89.6 Å². The zero-order chi connectivity index (χ0) is 26.5. The third-order valence-corrected chi connectivity index (χ3v) is 7.74. The van der Waals surface area contributed by atoms with Crippen LogP contribution in [0.2, 0.25) is 0 Å². The predicted octanol–water partition coefficient (Wildman–Crippen LogP) is 3.03. The van der Waals surface area contributed by atoms with Crippen LogP contribution in [0.4, 0.5) is 4.79 Å². The van der Waals surface area contributed by atoms with E-state index in [1.165, 1.54) is 12.8 Å².